The van der Waals surface area contributed by atoms with Crippen molar-refractivity contribution in [3.63, 3.8) is 0 Å². The van der Waals surface area contributed by atoms with Gasteiger partial charge in [0.1, 0.15) is 13.1 Å². The lowest BCUT2D eigenvalue weighted by atomic mass is 10.3. The summed E-state index contributed by atoms with van der Waals surface area (Å²) in [6.07, 6.45) is 2.22. The van der Waals surface area contributed by atoms with Crippen molar-refractivity contribution in [2.24, 2.45) is 0 Å². The highest BCUT2D eigenvalue weighted by Gasteiger charge is 2.22. The fraction of sp³-hybridized carbons (Fsp3) is 0.588. The predicted molar refractivity (Wildman–Crippen MR) is 94.2 cm³/mol. The third-order valence-electron chi connectivity index (χ3n) is 4.73. The predicted octanol–water partition coefficient (Wildman–Crippen LogP) is -0.603. The molecular formula is C17H26N3O4S+. The summed E-state index contributed by atoms with van der Waals surface area (Å²) < 4.78 is 32.7. The lowest BCUT2D eigenvalue weighted by molar-refractivity contribution is -0.908. The van der Waals surface area contributed by atoms with Gasteiger partial charge in [-0.3, -0.25) is 4.79 Å². The molecule has 0 bridgehead atoms. The molecule has 2 saturated heterocycles. The van der Waals surface area contributed by atoms with Gasteiger partial charge in [0, 0.05) is 31.6 Å². The van der Waals surface area contributed by atoms with E-state index in [1.807, 2.05) is 0 Å². The summed E-state index contributed by atoms with van der Waals surface area (Å²) in [6, 6.07) is 6.54. The van der Waals surface area contributed by atoms with Crippen molar-refractivity contribution in [2.75, 3.05) is 50.8 Å². The number of anilines is 1. The van der Waals surface area contributed by atoms with Gasteiger partial charge >= 0.3 is 0 Å². The Morgan fingerprint density at radius 3 is 2.52 bits per heavy atom. The quantitative estimate of drug-likeness (QED) is 0.630. The Kier molecular flexibility index (Phi) is 6.06. The van der Waals surface area contributed by atoms with Crippen molar-refractivity contribution in [1.29, 1.82) is 0 Å². The molecule has 0 saturated carbocycles. The third-order valence-corrected chi connectivity index (χ3v) is 6.21. The molecule has 2 aliphatic rings. The van der Waals surface area contributed by atoms with Crippen LogP contribution in [-0.4, -0.2) is 60.3 Å². The molecule has 1 amide bonds. The number of nitrogens with one attached hydrogen (secondary N) is 2. The van der Waals surface area contributed by atoms with Gasteiger partial charge in [0.2, 0.25) is 15.9 Å². The highest BCUT2D eigenvalue weighted by atomic mass is 32.2. The van der Waals surface area contributed by atoms with Gasteiger partial charge in [-0.1, -0.05) is 0 Å². The summed E-state index contributed by atoms with van der Waals surface area (Å²) in [5, 5.41) is 0. The van der Waals surface area contributed by atoms with Gasteiger partial charge in [-0.15, -0.1) is 0 Å². The number of benzene rings is 1. The molecule has 1 aromatic carbocycles. The maximum Gasteiger partial charge on any atom is 0.240 e. The first kappa shape index (κ1) is 18.3. The number of rotatable bonds is 7. The van der Waals surface area contributed by atoms with Crippen LogP contribution in [0.5, 0.6) is 0 Å². The van der Waals surface area contributed by atoms with Gasteiger partial charge in [0.15, 0.2) is 0 Å². The van der Waals surface area contributed by atoms with Crippen molar-refractivity contribution >= 4 is 21.6 Å². The van der Waals surface area contributed by atoms with Gasteiger partial charge < -0.3 is 14.5 Å². The van der Waals surface area contributed by atoms with Crippen LogP contribution in [0.15, 0.2) is 29.2 Å². The third kappa shape index (κ3) is 4.78. The molecule has 1 aromatic rings. The minimum Gasteiger partial charge on any atom is -0.370 e. The lowest BCUT2D eigenvalue weighted by Gasteiger charge is -2.23. The molecule has 7 nitrogen and oxygen atoms in total. The first-order valence-corrected chi connectivity index (χ1v) is 10.4. The summed E-state index contributed by atoms with van der Waals surface area (Å²) in [5.74, 6) is 0.0966. The first-order valence-electron chi connectivity index (χ1n) is 8.88. The molecule has 0 aliphatic carbocycles. The Labute approximate surface area is 149 Å². The maximum atomic E-state index is 12.4. The van der Waals surface area contributed by atoms with Gasteiger partial charge in [0.25, 0.3) is 0 Å². The molecule has 0 aromatic heterocycles. The molecule has 0 radical (unpaired) electrons. The zero-order valence-electron chi connectivity index (χ0n) is 14.4. The molecule has 8 heteroatoms. The Morgan fingerprint density at radius 2 is 1.88 bits per heavy atom. The first-order chi connectivity index (χ1) is 12.1. The summed E-state index contributed by atoms with van der Waals surface area (Å²) in [5.41, 5.74) is 0.761. The van der Waals surface area contributed by atoms with Crippen LogP contribution in [-0.2, 0) is 19.6 Å². The van der Waals surface area contributed by atoms with E-state index in [2.05, 4.69) is 4.72 Å². The van der Waals surface area contributed by atoms with Crippen LogP contribution in [0, 0.1) is 0 Å². The summed E-state index contributed by atoms with van der Waals surface area (Å²) in [4.78, 5) is 15.2. The van der Waals surface area contributed by atoms with Crippen LogP contribution in [0.3, 0.4) is 0 Å². The lowest BCUT2D eigenvalue weighted by Crippen LogP contribution is -3.14. The molecule has 3 rings (SSSR count). The van der Waals surface area contributed by atoms with Crippen LogP contribution in [0.1, 0.15) is 19.3 Å². The van der Waals surface area contributed by atoms with Crippen LogP contribution >= 0.6 is 0 Å². The van der Waals surface area contributed by atoms with Crippen molar-refractivity contribution in [2.45, 2.75) is 24.2 Å². The van der Waals surface area contributed by atoms with Gasteiger partial charge in [-0.2, -0.15) is 0 Å². The topological polar surface area (TPSA) is 80.2 Å². The van der Waals surface area contributed by atoms with Crippen LogP contribution in [0.25, 0.3) is 0 Å². The fourth-order valence-electron chi connectivity index (χ4n) is 3.26. The van der Waals surface area contributed by atoms with E-state index in [0.29, 0.717) is 19.5 Å². The normalized spacial score (nSPS) is 19.5. The Balaban J connectivity index is 1.50. The smallest absolute Gasteiger partial charge is 0.240 e. The maximum absolute atomic E-state index is 12.4. The van der Waals surface area contributed by atoms with Gasteiger partial charge in [-0.25, -0.2) is 13.1 Å². The van der Waals surface area contributed by atoms with E-state index in [-0.39, 0.29) is 10.8 Å². The summed E-state index contributed by atoms with van der Waals surface area (Å²) >= 11 is 0. The zero-order chi connectivity index (χ0) is 17.7. The summed E-state index contributed by atoms with van der Waals surface area (Å²) in [6.45, 7) is 5.63. The Bertz CT molecular complexity index is 684. The molecule has 0 atom stereocenters. The minimum atomic E-state index is -3.50. The van der Waals surface area contributed by atoms with E-state index >= 15 is 0 Å². The second kappa shape index (κ2) is 8.27. The molecule has 138 valence electrons. The Hall–Kier alpha value is -1.48. The number of carbonyl (C=O) groups is 1. The Morgan fingerprint density at radius 1 is 1.16 bits per heavy atom. The highest BCUT2D eigenvalue weighted by molar-refractivity contribution is 7.89. The monoisotopic (exact) mass is 368 g/mol. The number of sulfonamides is 1. The second-order valence-corrected chi connectivity index (χ2v) is 8.27. The van der Waals surface area contributed by atoms with E-state index in [1.165, 1.54) is 4.90 Å². The van der Waals surface area contributed by atoms with Crippen molar-refractivity contribution in [1.82, 2.24) is 4.72 Å². The average Bonchev–Trinajstić information content (AvgIpc) is 3.06. The van der Waals surface area contributed by atoms with Crippen molar-refractivity contribution < 1.29 is 22.8 Å². The van der Waals surface area contributed by atoms with Crippen LogP contribution < -0.4 is 14.5 Å². The highest BCUT2D eigenvalue weighted by Crippen LogP contribution is 2.22. The van der Waals surface area contributed by atoms with Gasteiger partial charge in [-0.05, 0) is 30.7 Å². The molecule has 2 N–H and O–H groups in total. The molecule has 0 unspecified atom stereocenters. The molecule has 2 heterocycles. The number of nitrogens with zero attached hydrogens (tertiary/aromatic N) is 1. The number of ether oxygens (including phenoxy) is 1. The minimum absolute atomic E-state index is 0.0966. The van der Waals surface area contributed by atoms with E-state index in [9.17, 15) is 13.2 Å². The number of hydrogen-bond acceptors (Lipinski definition) is 4. The molecule has 2 aliphatic heterocycles. The number of morpholine rings is 1. The van der Waals surface area contributed by atoms with E-state index < -0.39 is 10.0 Å². The van der Waals surface area contributed by atoms with Crippen molar-refractivity contribution in [3.8, 4) is 0 Å². The van der Waals surface area contributed by atoms with Gasteiger partial charge in [0.05, 0.1) is 24.7 Å². The number of amides is 1. The van der Waals surface area contributed by atoms with Crippen LogP contribution in [0.2, 0.25) is 0 Å². The molecule has 25 heavy (non-hydrogen) atoms. The second-order valence-electron chi connectivity index (χ2n) is 6.51. The largest absolute Gasteiger partial charge is 0.370 e. The van der Waals surface area contributed by atoms with E-state index in [0.717, 1.165) is 51.4 Å². The molecule has 0 spiro atoms. The average molecular weight is 368 g/mol. The molecular weight excluding hydrogens is 342 g/mol. The van der Waals surface area contributed by atoms with Crippen molar-refractivity contribution in [3.05, 3.63) is 24.3 Å². The van der Waals surface area contributed by atoms with E-state index in [1.54, 1.807) is 29.2 Å². The number of hydrogen-bond donors (Lipinski definition) is 2. The zero-order valence-corrected chi connectivity index (χ0v) is 15.2. The molecule has 2 fully saturated rings. The SMILES string of the molecule is O=C1CCCN1c1ccc(S(=O)(=O)NCCC[NH+]2CCOCC2)cc1. The number of quaternary nitrogens is 1. The van der Waals surface area contributed by atoms with E-state index in [4.69, 9.17) is 4.74 Å². The summed E-state index contributed by atoms with van der Waals surface area (Å²) in [7, 11) is -3.50. The standard InChI is InChI=1S/C17H25N3O4S/c21-17-3-1-10-20(17)15-4-6-16(7-5-15)25(22,23)18-8-2-9-19-11-13-24-14-12-19/h4-7,18H,1-3,8-14H2/p+1. The number of carbonyl (C=O) groups excluding carboxylic acids is 1. The fourth-order valence-corrected chi connectivity index (χ4v) is 4.34. The van der Waals surface area contributed by atoms with Crippen LogP contribution in [0.4, 0.5) is 5.69 Å².